The molecule has 0 saturated carbocycles. The second kappa shape index (κ2) is 7.64. The third-order valence-corrected chi connectivity index (χ3v) is 5.22. The van der Waals surface area contributed by atoms with Gasteiger partial charge in [0.2, 0.25) is 5.91 Å². The van der Waals surface area contributed by atoms with Crippen LogP contribution >= 0.6 is 0 Å². The van der Waals surface area contributed by atoms with Crippen LogP contribution in [0.1, 0.15) is 37.5 Å². The summed E-state index contributed by atoms with van der Waals surface area (Å²) in [5.74, 6) is 0.925. The Bertz CT molecular complexity index is 803. The summed E-state index contributed by atoms with van der Waals surface area (Å²) in [7, 11) is 0. The SMILES string of the molecule is CCc1oc2ccccc2c1/C=C\C(=O)N1CCCC[C@@H]1C1OCCO1. The summed E-state index contributed by atoms with van der Waals surface area (Å²) in [5.41, 5.74) is 1.86. The van der Waals surface area contributed by atoms with Gasteiger partial charge in [0, 0.05) is 30.0 Å². The van der Waals surface area contributed by atoms with Gasteiger partial charge in [0.05, 0.1) is 19.3 Å². The van der Waals surface area contributed by atoms with Gasteiger partial charge >= 0.3 is 0 Å². The van der Waals surface area contributed by atoms with Crippen molar-refractivity contribution < 1.29 is 18.7 Å². The van der Waals surface area contributed by atoms with Gasteiger partial charge in [0.25, 0.3) is 0 Å². The normalized spacial score (nSPS) is 21.9. The van der Waals surface area contributed by atoms with E-state index in [0.717, 1.165) is 54.5 Å². The number of aryl methyl sites for hydroxylation is 1. The highest BCUT2D eigenvalue weighted by molar-refractivity contribution is 5.96. The van der Waals surface area contributed by atoms with Crippen molar-refractivity contribution in [1.29, 1.82) is 0 Å². The number of carbonyl (C=O) groups is 1. The number of rotatable bonds is 4. The zero-order valence-corrected chi connectivity index (χ0v) is 15.1. The second-order valence-corrected chi connectivity index (χ2v) is 6.83. The van der Waals surface area contributed by atoms with Crippen molar-refractivity contribution in [2.24, 2.45) is 0 Å². The highest BCUT2D eigenvalue weighted by Gasteiger charge is 2.35. The van der Waals surface area contributed by atoms with E-state index in [9.17, 15) is 4.79 Å². The van der Waals surface area contributed by atoms with Gasteiger partial charge in [-0.3, -0.25) is 4.79 Å². The topological polar surface area (TPSA) is 51.9 Å². The van der Waals surface area contributed by atoms with Crippen LogP contribution in [-0.4, -0.2) is 42.9 Å². The summed E-state index contributed by atoms with van der Waals surface area (Å²) in [6.07, 6.45) is 7.13. The third kappa shape index (κ3) is 3.29. The Morgan fingerprint density at radius 2 is 2.04 bits per heavy atom. The molecule has 1 amide bonds. The Morgan fingerprint density at radius 3 is 2.85 bits per heavy atom. The minimum absolute atomic E-state index is 0.00939. The quantitative estimate of drug-likeness (QED) is 0.784. The molecule has 138 valence electrons. The number of hydrogen-bond acceptors (Lipinski definition) is 4. The molecule has 3 heterocycles. The number of benzene rings is 1. The summed E-state index contributed by atoms with van der Waals surface area (Å²) in [4.78, 5) is 14.8. The Hall–Kier alpha value is -2.11. The molecule has 26 heavy (non-hydrogen) atoms. The molecule has 5 nitrogen and oxygen atoms in total. The van der Waals surface area contributed by atoms with E-state index in [1.807, 2.05) is 35.2 Å². The first-order chi connectivity index (χ1) is 12.8. The molecule has 2 fully saturated rings. The fourth-order valence-electron chi connectivity index (χ4n) is 3.92. The molecule has 2 saturated heterocycles. The summed E-state index contributed by atoms with van der Waals surface area (Å²) < 4.78 is 17.2. The number of ether oxygens (including phenoxy) is 2. The van der Waals surface area contributed by atoms with Gasteiger partial charge in [0.15, 0.2) is 6.29 Å². The molecule has 0 spiro atoms. The van der Waals surface area contributed by atoms with Crippen molar-refractivity contribution >= 4 is 23.0 Å². The molecule has 5 heteroatoms. The number of amides is 1. The van der Waals surface area contributed by atoms with Crippen LogP contribution < -0.4 is 0 Å². The summed E-state index contributed by atoms with van der Waals surface area (Å²) in [6.45, 7) is 4.04. The van der Waals surface area contributed by atoms with Crippen LogP contribution in [0.3, 0.4) is 0 Å². The van der Waals surface area contributed by atoms with E-state index < -0.39 is 0 Å². The summed E-state index contributed by atoms with van der Waals surface area (Å²) in [5, 5.41) is 1.05. The highest BCUT2D eigenvalue weighted by Crippen LogP contribution is 2.28. The lowest BCUT2D eigenvalue weighted by molar-refractivity contribution is -0.145. The van der Waals surface area contributed by atoms with Crippen molar-refractivity contribution in [3.8, 4) is 0 Å². The minimum atomic E-state index is -0.284. The Labute approximate surface area is 153 Å². The second-order valence-electron chi connectivity index (χ2n) is 6.83. The highest BCUT2D eigenvalue weighted by atomic mass is 16.7. The maximum Gasteiger partial charge on any atom is 0.247 e. The van der Waals surface area contributed by atoms with Crippen LogP contribution in [-0.2, 0) is 20.7 Å². The van der Waals surface area contributed by atoms with E-state index in [2.05, 4.69) is 6.92 Å². The molecule has 4 rings (SSSR count). The standard InChI is InChI=1S/C21H25NO4/c1-2-18-16(15-7-3-4-9-19(15)26-18)10-11-20(23)22-12-6-5-8-17(22)21-24-13-14-25-21/h3-4,7,9-11,17,21H,2,5-6,8,12-14H2,1H3/b11-10-/t17-/m1/s1. The van der Waals surface area contributed by atoms with Gasteiger partial charge in [-0.05, 0) is 31.4 Å². The zero-order chi connectivity index (χ0) is 17.9. The molecule has 0 aliphatic carbocycles. The van der Waals surface area contributed by atoms with Crippen LogP contribution in [0.4, 0.5) is 0 Å². The van der Waals surface area contributed by atoms with E-state index >= 15 is 0 Å². The van der Waals surface area contributed by atoms with E-state index in [4.69, 9.17) is 13.9 Å². The van der Waals surface area contributed by atoms with Gasteiger partial charge in [0.1, 0.15) is 11.3 Å². The summed E-state index contributed by atoms with van der Waals surface area (Å²) in [6, 6.07) is 7.96. The Kier molecular flexibility index (Phi) is 5.09. The lowest BCUT2D eigenvalue weighted by Gasteiger charge is -2.37. The molecule has 1 atom stereocenters. The maximum absolute atomic E-state index is 12.9. The van der Waals surface area contributed by atoms with E-state index in [1.54, 1.807) is 6.08 Å². The lowest BCUT2D eigenvalue weighted by atomic mass is 10.0. The van der Waals surface area contributed by atoms with Crippen molar-refractivity contribution in [2.45, 2.75) is 44.9 Å². The van der Waals surface area contributed by atoms with Crippen molar-refractivity contribution in [1.82, 2.24) is 4.90 Å². The van der Waals surface area contributed by atoms with Crippen LogP contribution in [0.15, 0.2) is 34.8 Å². The molecular formula is C21H25NO4. The lowest BCUT2D eigenvalue weighted by Crippen LogP contribution is -2.49. The molecule has 0 radical (unpaired) electrons. The minimum Gasteiger partial charge on any atom is -0.460 e. The molecule has 2 aromatic rings. The predicted octanol–water partition coefficient (Wildman–Crippen LogP) is 3.76. The van der Waals surface area contributed by atoms with Gasteiger partial charge in [-0.15, -0.1) is 0 Å². The Morgan fingerprint density at radius 1 is 1.23 bits per heavy atom. The van der Waals surface area contributed by atoms with Crippen molar-refractivity contribution in [3.05, 3.63) is 41.7 Å². The van der Waals surface area contributed by atoms with E-state index in [1.165, 1.54) is 0 Å². The third-order valence-electron chi connectivity index (χ3n) is 5.22. The molecular weight excluding hydrogens is 330 g/mol. The average Bonchev–Trinajstić information content (AvgIpc) is 3.34. The van der Waals surface area contributed by atoms with Gasteiger partial charge in [-0.25, -0.2) is 0 Å². The van der Waals surface area contributed by atoms with Gasteiger partial charge in [-0.2, -0.15) is 0 Å². The number of likely N-dealkylation sites (tertiary alicyclic amines) is 1. The first kappa shape index (κ1) is 17.3. The number of fused-ring (bicyclic) bond motifs is 1. The monoisotopic (exact) mass is 355 g/mol. The average molecular weight is 355 g/mol. The van der Waals surface area contributed by atoms with Gasteiger partial charge < -0.3 is 18.8 Å². The first-order valence-electron chi connectivity index (χ1n) is 9.50. The first-order valence-corrected chi connectivity index (χ1v) is 9.50. The van der Waals surface area contributed by atoms with Crippen LogP contribution in [0, 0.1) is 0 Å². The molecule has 0 N–H and O–H groups in total. The molecule has 2 aliphatic heterocycles. The maximum atomic E-state index is 12.9. The summed E-state index contributed by atoms with van der Waals surface area (Å²) >= 11 is 0. The Balaban J connectivity index is 1.57. The smallest absolute Gasteiger partial charge is 0.247 e. The molecule has 1 aromatic carbocycles. The predicted molar refractivity (Wildman–Crippen MR) is 99.7 cm³/mol. The fourth-order valence-corrected chi connectivity index (χ4v) is 3.92. The van der Waals surface area contributed by atoms with Crippen LogP contribution in [0.2, 0.25) is 0 Å². The largest absolute Gasteiger partial charge is 0.460 e. The zero-order valence-electron chi connectivity index (χ0n) is 15.1. The number of furan rings is 1. The van der Waals surface area contributed by atoms with Crippen molar-refractivity contribution in [3.63, 3.8) is 0 Å². The molecule has 0 unspecified atom stereocenters. The van der Waals surface area contributed by atoms with Crippen LogP contribution in [0.25, 0.3) is 17.0 Å². The molecule has 0 bridgehead atoms. The van der Waals surface area contributed by atoms with Crippen LogP contribution in [0.5, 0.6) is 0 Å². The fraction of sp³-hybridized carbons (Fsp3) is 0.476. The van der Waals surface area contributed by atoms with Crippen molar-refractivity contribution in [2.75, 3.05) is 19.8 Å². The number of hydrogen-bond donors (Lipinski definition) is 0. The number of para-hydroxylation sites is 1. The number of carbonyl (C=O) groups excluding carboxylic acids is 1. The van der Waals surface area contributed by atoms with E-state index in [-0.39, 0.29) is 18.2 Å². The van der Waals surface area contributed by atoms with E-state index in [0.29, 0.717) is 13.2 Å². The molecule has 2 aliphatic rings. The van der Waals surface area contributed by atoms with Gasteiger partial charge in [-0.1, -0.05) is 25.1 Å². The number of piperidine rings is 1. The number of nitrogens with zero attached hydrogens (tertiary/aromatic N) is 1. The molecule has 1 aromatic heterocycles.